The smallest absolute Gasteiger partial charge is 0.277 e. The Labute approximate surface area is 146 Å². The van der Waals surface area contributed by atoms with Crippen LogP contribution in [0.3, 0.4) is 0 Å². The van der Waals surface area contributed by atoms with Gasteiger partial charge in [-0.1, -0.05) is 12.1 Å². The van der Waals surface area contributed by atoms with Crippen molar-refractivity contribution in [3.8, 4) is 11.5 Å². The molecule has 2 N–H and O–H groups in total. The summed E-state index contributed by atoms with van der Waals surface area (Å²) >= 11 is 0. The molecule has 0 saturated carbocycles. The van der Waals surface area contributed by atoms with E-state index in [1.165, 1.54) is 24.6 Å². The third kappa shape index (κ3) is 3.36. The number of anilines is 1. The molecule has 0 bridgehead atoms. The van der Waals surface area contributed by atoms with Gasteiger partial charge >= 0.3 is 0 Å². The summed E-state index contributed by atoms with van der Waals surface area (Å²) in [6.45, 7) is 0.463. The van der Waals surface area contributed by atoms with Crippen molar-refractivity contribution in [3.05, 3.63) is 72.4 Å². The van der Waals surface area contributed by atoms with E-state index in [9.17, 15) is 9.18 Å². The number of carbonyl (C=O) groups excluding carboxylic acids is 1. The van der Waals surface area contributed by atoms with Crippen molar-refractivity contribution in [1.29, 1.82) is 0 Å². The normalized spacial score (nSPS) is 10.8. The standard InChI is InChI=1S/C17H13FN6O2/c18-13-3-1-11(2-4-13)8-24-9-14(7-21-24)22-16(25)15-10-26-17(23-15)12-5-19-20-6-12/h1-7,9-10H,8H2,(H,19,20)(H,22,25). The number of nitrogens with one attached hydrogen (secondary N) is 2. The molecule has 0 aliphatic rings. The van der Waals surface area contributed by atoms with Crippen molar-refractivity contribution in [2.24, 2.45) is 0 Å². The van der Waals surface area contributed by atoms with Gasteiger partial charge in [-0.25, -0.2) is 9.37 Å². The number of nitrogens with zero attached hydrogens (tertiary/aromatic N) is 4. The number of aromatic nitrogens is 5. The molecule has 0 fully saturated rings. The van der Waals surface area contributed by atoms with Crippen LogP contribution >= 0.6 is 0 Å². The third-order valence-electron chi connectivity index (χ3n) is 3.63. The Hall–Kier alpha value is -3.75. The topological polar surface area (TPSA) is 102 Å². The zero-order valence-electron chi connectivity index (χ0n) is 13.4. The highest BCUT2D eigenvalue weighted by Crippen LogP contribution is 2.17. The zero-order valence-corrected chi connectivity index (χ0v) is 13.4. The molecule has 4 rings (SSSR count). The van der Waals surface area contributed by atoms with Crippen LogP contribution < -0.4 is 5.32 Å². The zero-order chi connectivity index (χ0) is 17.9. The number of halogens is 1. The molecule has 1 aromatic carbocycles. The van der Waals surface area contributed by atoms with E-state index in [2.05, 4.69) is 25.6 Å². The minimum Gasteiger partial charge on any atom is -0.444 e. The van der Waals surface area contributed by atoms with Crippen LogP contribution in [0.25, 0.3) is 11.5 Å². The molecule has 0 saturated heterocycles. The second-order valence-corrected chi connectivity index (χ2v) is 5.53. The molecule has 8 nitrogen and oxygen atoms in total. The SMILES string of the molecule is O=C(Nc1cnn(Cc2ccc(F)cc2)c1)c1coc(-c2cn[nH]c2)n1. The third-order valence-corrected chi connectivity index (χ3v) is 3.63. The average molecular weight is 352 g/mol. The fraction of sp³-hybridized carbons (Fsp3) is 0.0588. The Morgan fingerprint density at radius 3 is 2.88 bits per heavy atom. The minimum atomic E-state index is -0.412. The number of benzene rings is 1. The number of hydrogen-bond donors (Lipinski definition) is 2. The van der Waals surface area contributed by atoms with Crippen LogP contribution in [0.15, 0.2) is 59.7 Å². The van der Waals surface area contributed by atoms with Crippen molar-refractivity contribution in [2.45, 2.75) is 6.54 Å². The number of H-pyrrole nitrogens is 1. The van der Waals surface area contributed by atoms with Crippen molar-refractivity contribution in [2.75, 3.05) is 5.32 Å². The summed E-state index contributed by atoms with van der Waals surface area (Å²) in [4.78, 5) is 16.4. The second-order valence-electron chi connectivity index (χ2n) is 5.53. The lowest BCUT2D eigenvalue weighted by atomic mass is 10.2. The Bertz CT molecular complexity index is 1020. The molecule has 0 radical (unpaired) electrons. The summed E-state index contributed by atoms with van der Waals surface area (Å²) in [5, 5.41) is 13.3. The van der Waals surface area contributed by atoms with Crippen molar-refractivity contribution < 1.29 is 13.6 Å². The van der Waals surface area contributed by atoms with E-state index < -0.39 is 5.91 Å². The van der Waals surface area contributed by atoms with Gasteiger partial charge in [-0.15, -0.1) is 0 Å². The van der Waals surface area contributed by atoms with E-state index in [0.717, 1.165) is 5.56 Å². The summed E-state index contributed by atoms with van der Waals surface area (Å²) in [6.07, 6.45) is 7.65. The number of aromatic amines is 1. The quantitative estimate of drug-likeness (QED) is 0.575. The Morgan fingerprint density at radius 1 is 1.27 bits per heavy atom. The molecule has 3 heterocycles. The lowest BCUT2D eigenvalue weighted by Crippen LogP contribution is -2.11. The number of amides is 1. The van der Waals surface area contributed by atoms with E-state index in [4.69, 9.17) is 4.42 Å². The van der Waals surface area contributed by atoms with Gasteiger partial charge in [0, 0.05) is 12.4 Å². The van der Waals surface area contributed by atoms with Gasteiger partial charge in [0.1, 0.15) is 12.1 Å². The summed E-state index contributed by atoms with van der Waals surface area (Å²) in [6, 6.07) is 6.15. The number of oxazole rings is 1. The molecular formula is C17H13FN6O2. The summed E-state index contributed by atoms with van der Waals surface area (Å²) in [5.74, 6) is -0.398. The molecule has 4 aromatic rings. The first-order chi connectivity index (χ1) is 12.7. The lowest BCUT2D eigenvalue weighted by molar-refractivity contribution is 0.102. The maximum atomic E-state index is 12.9. The highest BCUT2D eigenvalue weighted by molar-refractivity contribution is 6.02. The number of hydrogen-bond acceptors (Lipinski definition) is 5. The fourth-order valence-corrected chi connectivity index (χ4v) is 2.37. The van der Waals surface area contributed by atoms with Gasteiger partial charge in [0.05, 0.1) is 30.2 Å². The molecule has 130 valence electrons. The van der Waals surface area contributed by atoms with Crippen LogP contribution in [0.1, 0.15) is 16.1 Å². The predicted octanol–water partition coefficient (Wildman–Crippen LogP) is 2.70. The summed E-state index contributed by atoms with van der Waals surface area (Å²) < 4.78 is 19.9. The molecule has 26 heavy (non-hydrogen) atoms. The Kier molecular flexibility index (Phi) is 4.02. The van der Waals surface area contributed by atoms with Crippen LogP contribution in [0.4, 0.5) is 10.1 Å². The molecule has 0 spiro atoms. The summed E-state index contributed by atoms with van der Waals surface area (Å²) in [7, 11) is 0. The van der Waals surface area contributed by atoms with Crippen LogP contribution in [0.2, 0.25) is 0 Å². The first-order valence-electron chi connectivity index (χ1n) is 7.70. The molecule has 0 aliphatic carbocycles. The molecule has 0 atom stereocenters. The predicted molar refractivity (Wildman–Crippen MR) is 89.8 cm³/mol. The van der Waals surface area contributed by atoms with Gasteiger partial charge < -0.3 is 9.73 Å². The van der Waals surface area contributed by atoms with E-state index in [1.807, 2.05) is 0 Å². The van der Waals surface area contributed by atoms with Gasteiger partial charge in [-0.2, -0.15) is 10.2 Å². The lowest BCUT2D eigenvalue weighted by Gasteiger charge is -2.01. The van der Waals surface area contributed by atoms with Gasteiger partial charge in [-0.3, -0.25) is 14.6 Å². The van der Waals surface area contributed by atoms with Gasteiger partial charge in [0.2, 0.25) is 5.89 Å². The van der Waals surface area contributed by atoms with Gasteiger partial charge in [-0.05, 0) is 17.7 Å². The maximum absolute atomic E-state index is 12.9. The highest BCUT2D eigenvalue weighted by atomic mass is 19.1. The number of rotatable bonds is 5. The Morgan fingerprint density at radius 2 is 2.12 bits per heavy atom. The molecule has 0 unspecified atom stereocenters. The molecule has 3 aromatic heterocycles. The minimum absolute atomic E-state index is 0.146. The average Bonchev–Trinajstić information content (AvgIpc) is 3.38. The fourth-order valence-electron chi connectivity index (χ4n) is 2.37. The maximum Gasteiger partial charge on any atom is 0.277 e. The van der Waals surface area contributed by atoms with Crippen molar-refractivity contribution in [1.82, 2.24) is 25.0 Å². The van der Waals surface area contributed by atoms with E-state index in [0.29, 0.717) is 23.7 Å². The molecule has 0 aliphatic heterocycles. The van der Waals surface area contributed by atoms with Crippen molar-refractivity contribution in [3.63, 3.8) is 0 Å². The highest BCUT2D eigenvalue weighted by Gasteiger charge is 2.15. The second kappa shape index (κ2) is 6.63. The van der Waals surface area contributed by atoms with Gasteiger partial charge in [0.25, 0.3) is 5.91 Å². The molecule has 1 amide bonds. The first-order valence-corrected chi connectivity index (χ1v) is 7.70. The van der Waals surface area contributed by atoms with E-state index in [1.54, 1.807) is 35.4 Å². The van der Waals surface area contributed by atoms with Crippen molar-refractivity contribution >= 4 is 11.6 Å². The first kappa shape index (κ1) is 15.8. The van der Waals surface area contributed by atoms with Crippen LogP contribution in [-0.2, 0) is 6.54 Å². The number of carbonyl (C=O) groups is 1. The largest absolute Gasteiger partial charge is 0.444 e. The van der Waals surface area contributed by atoms with Gasteiger partial charge in [0.15, 0.2) is 5.69 Å². The van der Waals surface area contributed by atoms with E-state index in [-0.39, 0.29) is 11.5 Å². The van der Waals surface area contributed by atoms with Crippen LogP contribution in [0.5, 0.6) is 0 Å². The van der Waals surface area contributed by atoms with Crippen LogP contribution in [0, 0.1) is 5.82 Å². The monoisotopic (exact) mass is 352 g/mol. The van der Waals surface area contributed by atoms with Crippen LogP contribution in [-0.4, -0.2) is 30.9 Å². The van der Waals surface area contributed by atoms with E-state index >= 15 is 0 Å². The molecular weight excluding hydrogens is 339 g/mol. The Balaban J connectivity index is 1.42. The molecule has 9 heteroatoms. The summed E-state index contributed by atoms with van der Waals surface area (Å²) in [5.41, 5.74) is 2.21.